The average Bonchev–Trinajstić information content (AvgIpc) is 2.76. The van der Waals surface area contributed by atoms with E-state index in [-0.39, 0.29) is 16.4 Å². The van der Waals surface area contributed by atoms with Crippen LogP contribution in [0.5, 0.6) is 0 Å². The van der Waals surface area contributed by atoms with Crippen LogP contribution >= 0.6 is 0 Å². The smallest absolute Gasteiger partial charge is 0.187 e. The number of hydrogen-bond donors (Lipinski definition) is 8. The fourth-order valence-electron chi connectivity index (χ4n) is 8.62. The van der Waals surface area contributed by atoms with Gasteiger partial charge in [-0.25, -0.2) is 0 Å². The molecule has 4 aliphatic carbocycles. The van der Waals surface area contributed by atoms with Crippen LogP contribution in [0, 0.1) is 16.7 Å². The highest BCUT2D eigenvalue weighted by molar-refractivity contribution is 5.15. The standard InChI is InChI=1S/C24H41NO10/c1-22-3-11-4-23(2,8-22)10-24(5-11,9-22)25-20-17(31)16(30)19(13(7-27)33-20)35-21-18(32)15(29)14(28)12(6-26)34-21/h11-21,25-32H,3-10H2,1-2H3/t11?,12-,13-,14+,15+,16-,17-,18-,19-,20-,21+,22+,23+,24?/m1/s1. The molecule has 4 saturated carbocycles. The zero-order chi connectivity index (χ0) is 25.3. The molecule has 0 amide bonds. The molecule has 12 atom stereocenters. The van der Waals surface area contributed by atoms with Crippen molar-refractivity contribution in [2.75, 3.05) is 13.2 Å². The van der Waals surface area contributed by atoms with Crippen LogP contribution in [0.15, 0.2) is 0 Å². The zero-order valence-electron chi connectivity index (χ0n) is 20.4. The van der Waals surface area contributed by atoms with Crippen LogP contribution in [0.4, 0.5) is 0 Å². The first-order chi connectivity index (χ1) is 16.4. The van der Waals surface area contributed by atoms with E-state index in [0.717, 1.165) is 19.3 Å². The fourth-order valence-corrected chi connectivity index (χ4v) is 8.62. The molecule has 11 nitrogen and oxygen atoms in total. The summed E-state index contributed by atoms with van der Waals surface area (Å²) in [7, 11) is 0. The van der Waals surface area contributed by atoms with Gasteiger partial charge in [0, 0.05) is 5.54 Å². The van der Waals surface area contributed by atoms with E-state index in [1.165, 1.54) is 19.3 Å². The Kier molecular flexibility index (Phi) is 6.80. The van der Waals surface area contributed by atoms with E-state index < -0.39 is 74.6 Å². The van der Waals surface area contributed by atoms with E-state index >= 15 is 0 Å². The topological polar surface area (TPSA) is 181 Å². The molecular weight excluding hydrogens is 462 g/mol. The first-order valence-corrected chi connectivity index (χ1v) is 12.8. The molecule has 2 heterocycles. The van der Waals surface area contributed by atoms with Crippen molar-refractivity contribution in [3.63, 3.8) is 0 Å². The van der Waals surface area contributed by atoms with Gasteiger partial charge in [-0.15, -0.1) is 0 Å². The first kappa shape index (κ1) is 26.2. The summed E-state index contributed by atoms with van der Waals surface area (Å²) >= 11 is 0. The Balaban J connectivity index is 1.30. The van der Waals surface area contributed by atoms with Crippen molar-refractivity contribution < 1.29 is 50.0 Å². The monoisotopic (exact) mass is 503 g/mol. The summed E-state index contributed by atoms with van der Waals surface area (Å²) < 4.78 is 17.1. The molecule has 0 aromatic rings. The van der Waals surface area contributed by atoms with Crippen LogP contribution in [-0.4, -0.2) is 116 Å². The number of nitrogens with one attached hydrogen (secondary N) is 1. The van der Waals surface area contributed by atoms with Crippen LogP contribution in [0.3, 0.4) is 0 Å². The average molecular weight is 504 g/mol. The van der Waals surface area contributed by atoms with Crippen molar-refractivity contribution >= 4 is 0 Å². The van der Waals surface area contributed by atoms with Gasteiger partial charge in [-0.05, 0) is 55.3 Å². The molecule has 0 unspecified atom stereocenters. The lowest BCUT2D eigenvalue weighted by atomic mass is 9.42. The second-order valence-electron chi connectivity index (χ2n) is 12.6. The molecule has 4 bridgehead atoms. The summed E-state index contributed by atoms with van der Waals surface area (Å²) in [6.45, 7) is 3.50. The first-order valence-electron chi connectivity index (χ1n) is 12.8. The zero-order valence-corrected chi connectivity index (χ0v) is 20.4. The lowest BCUT2D eigenvalue weighted by Gasteiger charge is -2.66. The summed E-state index contributed by atoms with van der Waals surface area (Å²) in [6, 6.07) is 0. The highest BCUT2D eigenvalue weighted by Crippen LogP contribution is 2.66. The number of aliphatic hydroxyl groups excluding tert-OH is 7. The quantitative estimate of drug-likeness (QED) is 0.200. The molecule has 202 valence electrons. The number of aliphatic hydroxyl groups is 7. The lowest BCUT2D eigenvalue weighted by Crippen LogP contribution is -2.71. The summed E-state index contributed by atoms with van der Waals surface area (Å²) in [5.74, 6) is 0.607. The van der Waals surface area contributed by atoms with Crippen LogP contribution in [0.1, 0.15) is 52.4 Å². The number of hydrogen-bond acceptors (Lipinski definition) is 11. The third-order valence-corrected chi connectivity index (χ3v) is 9.08. The van der Waals surface area contributed by atoms with E-state index in [1.54, 1.807) is 0 Å². The summed E-state index contributed by atoms with van der Waals surface area (Å²) in [5.41, 5.74) is 0.230. The van der Waals surface area contributed by atoms with Crippen LogP contribution in [0.25, 0.3) is 0 Å². The molecule has 6 aliphatic rings. The van der Waals surface area contributed by atoms with Crippen molar-refractivity contribution in [2.45, 2.75) is 119 Å². The van der Waals surface area contributed by atoms with Gasteiger partial charge >= 0.3 is 0 Å². The molecule has 6 fully saturated rings. The van der Waals surface area contributed by atoms with Gasteiger partial charge in [-0.3, -0.25) is 5.32 Å². The second kappa shape index (κ2) is 9.09. The van der Waals surface area contributed by atoms with Crippen LogP contribution < -0.4 is 5.32 Å². The molecule has 2 aliphatic heterocycles. The molecule has 6 rings (SSSR count). The van der Waals surface area contributed by atoms with Gasteiger partial charge in [0.25, 0.3) is 0 Å². The molecule has 0 spiro atoms. The van der Waals surface area contributed by atoms with Gasteiger partial charge in [0.2, 0.25) is 0 Å². The number of ether oxygens (including phenoxy) is 3. The van der Waals surface area contributed by atoms with Gasteiger partial charge in [-0.2, -0.15) is 0 Å². The molecule has 8 N–H and O–H groups in total. The Morgan fingerprint density at radius 3 is 1.94 bits per heavy atom. The Morgan fingerprint density at radius 1 is 0.743 bits per heavy atom. The van der Waals surface area contributed by atoms with E-state index in [4.69, 9.17) is 14.2 Å². The molecule has 0 aromatic carbocycles. The minimum absolute atomic E-state index is 0.223. The minimum Gasteiger partial charge on any atom is -0.394 e. The molecular formula is C24H41NO10. The van der Waals surface area contributed by atoms with Gasteiger partial charge in [0.05, 0.1) is 13.2 Å². The highest BCUT2D eigenvalue weighted by Gasteiger charge is 2.61. The van der Waals surface area contributed by atoms with Crippen LogP contribution in [-0.2, 0) is 14.2 Å². The number of rotatable bonds is 6. The Morgan fingerprint density at radius 2 is 1.37 bits per heavy atom. The van der Waals surface area contributed by atoms with Gasteiger partial charge in [0.1, 0.15) is 55.1 Å². The largest absolute Gasteiger partial charge is 0.394 e. The fraction of sp³-hybridized carbons (Fsp3) is 1.00. The minimum atomic E-state index is -1.68. The molecule has 2 saturated heterocycles. The van der Waals surface area contributed by atoms with Crippen molar-refractivity contribution in [3.8, 4) is 0 Å². The molecule has 0 radical (unpaired) electrons. The predicted molar refractivity (Wildman–Crippen MR) is 120 cm³/mol. The van der Waals surface area contributed by atoms with E-state index in [9.17, 15) is 35.7 Å². The van der Waals surface area contributed by atoms with E-state index in [2.05, 4.69) is 19.2 Å². The van der Waals surface area contributed by atoms with Crippen LogP contribution in [0.2, 0.25) is 0 Å². The summed E-state index contributed by atoms with van der Waals surface area (Å²) in [5, 5.41) is 75.3. The Labute approximate surface area is 205 Å². The van der Waals surface area contributed by atoms with Gasteiger partial charge in [0.15, 0.2) is 6.29 Å². The third-order valence-electron chi connectivity index (χ3n) is 9.08. The van der Waals surface area contributed by atoms with Gasteiger partial charge in [-0.1, -0.05) is 13.8 Å². The maximum atomic E-state index is 11.0. The third kappa shape index (κ3) is 4.57. The molecule has 11 heteroatoms. The Bertz CT molecular complexity index is 763. The van der Waals surface area contributed by atoms with E-state index in [1.807, 2.05) is 0 Å². The van der Waals surface area contributed by atoms with Crippen molar-refractivity contribution in [1.82, 2.24) is 5.32 Å². The lowest BCUT2D eigenvalue weighted by molar-refractivity contribution is -0.344. The summed E-state index contributed by atoms with van der Waals surface area (Å²) in [6.07, 6.45) is -7.26. The summed E-state index contributed by atoms with van der Waals surface area (Å²) in [4.78, 5) is 0. The van der Waals surface area contributed by atoms with E-state index in [0.29, 0.717) is 5.92 Å². The van der Waals surface area contributed by atoms with Crippen molar-refractivity contribution in [3.05, 3.63) is 0 Å². The van der Waals surface area contributed by atoms with Crippen molar-refractivity contribution in [2.24, 2.45) is 16.7 Å². The normalized spacial score (nSPS) is 58.0. The SMILES string of the molecule is C[C@@]12CC3CC(N[C@@H]4O[C@H](CO)[C@@H](O[C@@H]5O[C@H](CO)[C@H](O)[C@H](O)[C@H]5O)[C@H](O)[C@H]4O)(C1)C[C@@](C)(C3)C2. The Hall–Kier alpha value is -0.440. The molecule has 35 heavy (non-hydrogen) atoms. The maximum Gasteiger partial charge on any atom is 0.187 e. The maximum absolute atomic E-state index is 11.0. The second-order valence-corrected chi connectivity index (χ2v) is 12.6. The van der Waals surface area contributed by atoms with Gasteiger partial charge < -0.3 is 50.0 Å². The van der Waals surface area contributed by atoms with Crippen molar-refractivity contribution in [1.29, 1.82) is 0 Å². The predicted octanol–water partition coefficient (Wildman–Crippen LogP) is -2.05. The molecule has 0 aromatic heterocycles. The highest BCUT2D eigenvalue weighted by atomic mass is 16.7.